The maximum Gasteiger partial charge on any atom is 1.00 e. The molecule has 0 saturated carbocycles. The van der Waals surface area contributed by atoms with Crippen LogP contribution in [0, 0.1) is 0 Å². The average molecular weight is 312 g/mol. The second-order valence-corrected chi connectivity index (χ2v) is 6.01. The summed E-state index contributed by atoms with van der Waals surface area (Å²) in [5.41, 5.74) is 0. The molecule has 0 spiro atoms. The Bertz CT molecular complexity index is 561. The van der Waals surface area contributed by atoms with E-state index in [0.29, 0.717) is 0 Å². The molecule has 11 heteroatoms. The van der Waals surface area contributed by atoms with Crippen molar-refractivity contribution < 1.29 is 53.6 Å². The summed E-state index contributed by atoms with van der Waals surface area (Å²) in [6, 6.07) is 5.33. The van der Waals surface area contributed by atoms with E-state index in [1.54, 1.807) is 0 Å². The van der Waals surface area contributed by atoms with E-state index < -0.39 is 36.3 Å². The molecule has 1 aromatic carbocycles. The third-order valence-corrected chi connectivity index (χ3v) is 4.28. The quantitative estimate of drug-likeness (QED) is 0.386. The maximum absolute atomic E-state index is 13.1. The Morgan fingerprint density at radius 1 is 1.05 bits per heavy atom. The topological polar surface area (TPSA) is 74.3 Å². The van der Waals surface area contributed by atoms with Crippen molar-refractivity contribution in [1.82, 2.24) is 0 Å². The summed E-state index contributed by atoms with van der Waals surface area (Å²) >= 11 is 0. The molecule has 4 nitrogen and oxygen atoms in total. The van der Waals surface area contributed by atoms with Crippen molar-refractivity contribution in [2.45, 2.75) is 15.4 Å². The molecular formula is C8H5F4LiO4S2. The number of alkyl halides is 4. The molecule has 1 atom stereocenters. The van der Waals surface area contributed by atoms with Gasteiger partial charge in [-0.1, -0.05) is 18.2 Å². The van der Waals surface area contributed by atoms with Gasteiger partial charge in [0.15, 0.2) is 10.1 Å². The largest absolute Gasteiger partial charge is 1.00 e. The Morgan fingerprint density at radius 2 is 1.47 bits per heavy atom. The van der Waals surface area contributed by atoms with Crippen molar-refractivity contribution in [3.05, 3.63) is 30.3 Å². The van der Waals surface area contributed by atoms with Gasteiger partial charge in [0.2, 0.25) is 0 Å². The molecule has 0 N–H and O–H groups in total. The van der Waals surface area contributed by atoms with E-state index >= 15 is 0 Å². The van der Waals surface area contributed by atoms with Gasteiger partial charge >= 0.3 is 29.4 Å². The fourth-order valence-electron chi connectivity index (χ4n) is 0.946. The molecule has 1 aromatic rings. The van der Waals surface area contributed by atoms with E-state index in [4.69, 9.17) is 0 Å². The minimum absolute atomic E-state index is 0. The van der Waals surface area contributed by atoms with E-state index in [9.17, 15) is 34.7 Å². The smallest absolute Gasteiger partial charge is 0.743 e. The first kappa shape index (κ1) is 18.6. The van der Waals surface area contributed by atoms with Gasteiger partial charge in [-0.15, -0.1) is 0 Å². The first-order chi connectivity index (χ1) is 8.02. The van der Waals surface area contributed by atoms with Crippen LogP contribution in [0.25, 0.3) is 0 Å². The van der Waals surface area contributed by atoms with Crippen molar-refractivity contribution in [1.29, 1.82) is 0 Å². The second kappa shape index (κ2) is 5.93. The Balaban J connectivity index is 0.00000324. The number of hydrogen-bond donors (Lipinski definition) is 0. The van der Waals surface area contributed by atoms with Crippen molar-refractivity contribution in [3.8, 4) is 0 Å². The number of hydrogen-bond acceptors (Lipinski definition) is 4. The molecule has 0 fully saturated rings. The zero-order valence-corrected chi connectivity index (χ0v) is 11.0. The standard InChI is InChI=1S/C8H6F4O4S2.Li/c9-7(10,8(11,12)18(14,15)16)17(13)6-4-2-1-3-5-6;/h1-5H,(H,14,15,16);/q;+1/p-1. The molecule has 19 heavy (non-hydrogen) atoms. The van der Waals surface area contributed by atoms with Gasteiger partial charge in [-0.2, -0.15) is 17.6 Å². The van der Waals surface area contributed by atoms with Crippen molar-refractivity contribution >= 4 is 20.9 Å². The minimum Gasteiger partial charge on any atom is -0.743 e. The van der Waals surface area contributed by atoms with Gasteiger partial charge in [0.1, 0.15) is 10.8 Å². The Labute approximate surface area is 120 Å². The fourth-order valence-corrected chi connectivity index (χ4v) is 2.69. The molecule has 0 amide bonds. The Kier molecular flexibility index (Phi) is 5.80. The third kappa shape index (κ3) is 3.38. The van der Waals surface area contributed by atoms with Gasteiger partial charge in [-0.25, -0.2) is 12.6 Å². The summed E-state index contributed by atoms with van der Waals surface area (Å²) < 4.78 is 93.5. The van der Waals surface area contributed by atoms with Crippen molar-refractivity contribution in [2.75, 3.05) is 0 Å². The summed E-state index contributed by atoms with van der Waals surface area (Å²) in [5.74, 6) is 0. The van der Waals surface area contributed by atoms with E-state index in [1.807, 2.05) is 0 Å². The van der Waals surface area contributed by atoms with Crippen LogP contribution in [-0.4, -0.2) is 27.7 Å². The SMILES string of the molecule is O=S(c1ccccc1)C(F)(F)C(F)(F)S(=O)(=O)[O-].[Li+]. The zero-order chi connectivity index (χ0) is 14.2. The van der Waals surface area contributed by atoms with E-state index in [2.05, 4.69) is 0 Å². The van der Waals surface area contributed by atoms with Gasteiger partial charge in [-0.05, 0) is 12.1 Å². The third-order valence-electron chi connectivity index (χ3n) is 1.84. The molecular weight excluding hydrogens is 307 g/mol. The molecule has 0 bridgehead atoms. The molecule has 0 aromatic heterocycles. The van der Waals surface area contributed by atoms with Crippen LogP contribution in [0.3, 0.4) is 0 Å². The van der Waals surface area contributed by atoms with Gasteiger partial charge in [-0.3, -0.25) is 0 Å². The number of rotatable bonds is 4. The minimum atomic E-state index is -6.64. The van der Waals surface area contributed by atoms with Crippen LogP contribution in [0.15, 0.2) is 35.2 Å². The molecule has 102 valence electrons. The van der Waals surface area contributed by atoms with Gasteiger partial charge in [0.05, 0.1) is 0 Å². The van der Waals surface area contributed by atoms with Gasteiger partial charge in [0, 0.05) is 4.90 Å². The Morgan fingerprint density at radius 3 is 1.84 bits per heavy atom. The van der Waals surface area contributed by atoms with Crippen LogP contribution in [0.2, 0.25) is 0 Å². The molecule has 0 aliphatic carbocycles. The first-order valence-corrected chi connectivity index (χ1v) is 6.75. The molecule has 1 unspecified atom stereocenters. The maximum atomic E-state index is 13.1. The normalized spacial score (nSPS) is 14.6. The monoisotopic (exact) mass is 312 g/mol. The van der Waals surface area contributed by atoms with Crippen LogP contribution >= 0.6 is 0 Å². The van der Waals surface area contributed by atoms with Gasteiger partial charge < -0.3 is 4.55 Å². The molecule has 0 aliphatic rings. The molecule has 0 radical (unpaired) electrons. The average Bonchev–Trinajstić information content (AvgIpc) is 2.27. The summed E-state index contributed by atoms with van der Waals surface area (Å²) in [4.78, 5) is -0.717. The molecule has 0 saturated heterocycles. The van der Waals surface area contributed by atoms with E-state index in [1.165, 1.54) is 6.07 Å². The van der Waals surface area contributed by atoms with Crippen LogP contribution in [0.5, 0.6) is 0 Å². The van der Waals surface area contributed by atoms with Crippen molar-refractivity contribution in [3.63, 3.8) is 0 Å². The summed E-state index contributed by atoms with van der Waals surface area (Å²) in [6.07, 6.45) is 0. The number of benzene rings is 1. The molecule has 0 heterocycles. The number of halogens is 4. The van der Waals surface area contributed by atoms with Crippen LogP contribution < -0.4 is 18.9 Å². The first-order valence-electron chi connectivity index (χ1n) is 4.20. The van der Waals surface area contributed by atoms with Gasteiger partial charge in [0.25, 0.3) is 0 Å². The van der Waals surface area contributed by atoms with Crippen LogP contribution in [0.4, 0.5) is 17.6 Å². The molecule has 0 aliphatic heterocycles. The summed E-state index contributed by atoms with van der Waals surface area (Å²) in [6.45, 7) is 0. The summed E-state index contributed by atoms with van der Waals surface area (Å²) in [5, 5.41) is -11.5. The van der Waals surface area contributed by atoms with E-state index in [0.717, 1.165) is 24.3 Å². The summed E-state index contributed by atoms with van der Waals surface area (Å²) in [7, 11) is -10.3. The second-order valence-electron chi connectivity index (χ2n) is 3.07. The zero-order valence-electron chi connectivity index (χ0n) is 9.35. The van der Waals surface area contributed by atoms with E-state index in [-0.39, 0.29) is 18.9 Å². The molecule has 1 rings (SSSR count). The fraction of sp³-hybridized carbons (Fsp3) is 0.250. The van der Waals surface area contributed by atoms with Crippen LogP contribution in [-0.2, 0) is 20.9 Å². The predicted octanol–water partition coefficient (Wildman–Crippen LogP) is -1.47. The van der Waals surface area contributed by atoms with Crippen LogP contribution in [0.1, 0.15) is 0 Å². The predicted molar refractivity (Wildman–Crippen MR) is 52.4 cm³/mol. The van der Waals surface area contributed by atoms with Crippen molar-refractivity contribution in [2.24, 2.45) is 0 Å². The Hall–Kier alpha value is -0.403.